The van der Waals surface area contributed by atoms with E-state index in [0.29, 0.717) is 32.0 Å². The molecule has 1 aromatic heterocycles. The normalized spacial score (nSPS) is 25.5. The Balaban J connectivity index is 1.88. The number of carboxylic acids is 1. The Labute approximate surface area is 188 Å². The molecule has 0 saturated heterocycles. The van der Waals surface area contributed by atoms with Gasteiger partial charge in [-0.05, 0) is 78.8 Å². The van der Waals surface area contributed by atoms with Crippen molar-refractivity contribution >= 4 is 29.7 Å². The van der Waals surface area contributed by atoms with E-state index in [1.165, 1.54) is 0 Å². The lowest BCUT2D eigenvalue weighted by atomic mass is 9.80. The summed E-state index contributed by atoms with van der Waals surface area (Å²) in [6.07, 6.45) is 11.5. The Morgan fingerprint density at radius 1 is 1.43 bits per heavy atom. The van der Waals surface area contributed by atoms with Gasteiger partial charge in [-0.1, -0.05) is 30.6 Å². The fourth-order valence-corrected chi connectivity index (χ4v) is 4.48. The summed E-state index contributed by atoms with van der Waals surface area (Å²) in [4.78, 5) is 10.6. The molecule has 30 heavy (non-hydrogen) atoms. The van der Waals surface area contributed by atoms with E-state index in [1.807, 2.05) is 37.3 Å². The predicted molar refractivity (Wildman–Crippen MR) is 122 cm³/mol. The molecule has 3 N–H and O–H groups in total. The molecular formula is C23H32BBrO5. The average Bonchev–Trinajstić information content (AvgIpc) is 3.19. The van der Waals surface area contributed by atoms with Crippen molar-refractivity contribution in [3.05, 3.63) is 46.4 Å². The first-order valence-corrected chi connectivity index (χ1v) is 11.5. The van der Waals surface area contributed by atoms with Gasteiger partial charge in [0.2, 0.25) is 0 Å². The molecule has 1 aliphatic rings. The van der Waals surface area contributed by atoms with Gasteiger partial charge in [0, 0.05) is 12.8 Å². The van der Waals surface area contributed by atoms with Crippen molar-refractivity contribution in [2.24, 2.45) is 17.8 Å². The highest BCUT2D eigenvalue weighted by atomic mass is 79.9. The van der Waals surface area contributed by atoms with Gasteiger partial charge in [0.1, 0.15) is 11.5 Å². The largest absolute Gasteiger partial charge is 0.481 e. The van der Waals surface area contributed by atoms with Gasteiger partial charge in [-0.15, -0.1) is 0 Å². The third-order valence-corrected chi connectivity index (χ3v) is 6.65. The van der Waals surface area contributed by atoms with Gasteiger partial charge in [-0.2, -0.15) is 0 Å². The first-order chi connectivity index (χ1) is 14.3. The third kappa shape index (κ3) is 7.75. The van der Waals surface area contributed by atoms with Crippen LogP contribution in [0.4, 0.5) is 0 Å². The molecule has 1 aliphatic carbocycles. The SMILES string of the molecule is [B]C[C@@H]1CC(O)[C@H](CC=CCCCC(=O)O)[C@H]1C=C[C@@H](O)CCc1cc(Br)c(C)o1. The molecular weight excluding hydrogens is 447 g/mol. The molecule has 2 rings (SSSR count). The minimum atomic E-state index is -0.779. The van der Waals surface area contributed by atoms with Crippen molar-refractivity contribution in [1.82, 2.24) is 0 Å². The number of unbranched alkanes of at least 4 members (excludes halogenated alkanes) is 1. The number of carboxylic acid groups (broad SMARTS) is 1. The van der Waals surface area contributed by atoms with Gasteiger partial charge in [0.05, 0.1) is 24.5 Å². The summed E-state index contributed by atoms with van der Waals surface area (Å²) in [6.45, 7) is 1.89. The highest BCUT2D eigenvalue weighted by Gasteiger charge is 2.39. The highest BCUT2D eigenvalue weighted by Crippen LogP contribution is 2.42. The van der Waals surface area contributed by atoms with Crippen LogP contribution in [-0.2, 0) is 11.2 Å². The van der Waals surface area contributed by atoms with E-state index in [-0.39, 0.29) is 24.2 Å². The molecule has 0 bridgehead atoms. The molecule has 7 heteroatoms. The van der Waals surface area contributed by atoms with Gasteiger partial charge in [-0.3, -0.25) is 4.79 Å². The quantitative estimate of drug-likeness (QED) is 0.232. The van der Waals surface area contributed by atoms with Crippen molar-refractivity contribution in [2.75, 3.05) is 0 Å². The zero-order valence-electron chi connectivity index (χ0n) is 17.5. The van der Waals surface area contributed by atoms with E-state index in [4.69, 9.17) is 17.4 Å². The number of carbonyl (C=O) groups is 1. The highest BCUT2D eigenvalue weighted by molar-refractivity contribution is 9.10. The summed E-state index contributed by atoms with van der Waals surface area (Å²) in [7, 11) is 5.93. The number of allylic oxidation sites excluding steroid dienone is 3. The number of hydrogen-bond acceptors (Lipinski definition) is 4. The molecule has 2 radical (unpaired) electrons. The molecule has 0 spiro atoms. The molecule has 1 fully saturated rings. The van der Waals surface area contributed by atoms with Crippen LogP contribution in [0.1, 0.15) is 50.0 Å². The summed E-state index contributed by atoms with van der Waals surface area (Å²) in [5.41, 5.74) is 0. The fraction of sp³-hybridized carbons (Fsp3) is 0.609. The number of hydrogen-bond donors (Lipinski definition) is 3. The minimum absolute atomic E-state index is 0.0569. The summed E-state index contributed by atoms with van der Waals surface area (Å²) < 4.78 is 6.56. The fourth-order valence-electron chi connectivity index (χ4n) is 4.14. The maximum atomic E-state index is 10.6. The van der Waals surface area contributed by atoms with E-state index in [1.54, 1.807) is 0 Å². The number of aliphatic hydroxyl groups is 2. The Morgan fingerprint density at radius 3 is 2.83 bits per heavy atom. The molecule has 1 heterocycles. The Morgan fingerprint density at radius 2 is 2.20 bits per heavy atom. The van der Waals surface area contributed by atoms with Crippen LogP contribution in [0, 0.1) is 24.7 Å². The second kappa shape index (κ2) is 12.5. The van der Waals surface area contributed by atoms with Gasteiger partial charge in [0.15, 0.2) is 0 Å². The standard InChI is InChI=1S/C23H32BBrO5/c1-15-21(25)13-18(30-15)10-8-17(26)9-11-19-16(14-24)12-22(27)20(19)6-4-2-3-5-7-23(28)29/h2,4,9,11,13,16-17,19-20,22,26-27H,3,5-8,10,12,14H2,1H3,(H,28,29)/t16-,17-,19-,20+,22?/m0/s1. The number of rotatable bonds is 12. The minimum Gasteiger partial charge on any atom is -0.481 e. The zero-order chi connectivity index (χ0) is 22.1. The lowest BCUT2D eigenvalue weighted by Gasteiger charge is -2.21. The third-order valence-electron chi connectivity index (χ3n) is 5.87. The average molecular weight is 479 g/mol. The zero-order valence-corrected chi connectivity index (χ0v) is 19.1. The Hall–Kier alpha value is -1.31. The maximum absolute atomic E-state index is 10.6. The van der Waals surface area contributed by atoms with Crippen LogP contribution in [0.5, 0.6) is 0 Å². The molecule has 5 atom stereocenters. The molecule has 164 valence electrons. The number of halogens is 1. The maximum Gasteiger partial charge on any atom is 0.303 e. The van der Waals surface area contributed by atoms with Crippen molar-refractivity contribution < 1.29 is 24.5 Å². The van der Waals surface area contributed by atoms with Gasteiger partial charge in [-0.25, -0.2) is 0 Å². The van der Waals surface area contributed by atoms with E-state index >= 15 is 0 Å². The predicted octanol–water partition coefficient (Wildman–Crippen LogP) is 4.60. The smallest absolute Gasteiger partial charge is 0.303 e. The monoisotopic (exact) mass is 478 g/mol. The summed E-state index contributed by atoms with van der Waals surface area (Å²) in [6, 6.07) is 1.93. The van der Waals surface area contributed by atoms with E-state index in [0.717, 1.165) is 28.8 Å². The summed E-state index contributed by atoms with van der Waals surface area (Å²) >= 11 is 3.43. The molecule has 1 unspecified atom stereocenters. The van der Waals surface area contributed by atoms with Gasteiger partial charge < -0.3 is 19.7 Å². The lowest BCUT2D eigenvalue weighted by Crippen LogP contribution is -2.19. The van der Waals surface area contributed by atoms with Crippen LogP contribution in [0.2, 0.25) is 6.32 Å². The molecule has 1 aromatic rings. The number of aliphatic hydroxyl groups excluding tert-OH is 2. The van der Waals surface area contributed by atoms with Crippen LogP contribution < -0.4 is 0 Å². The second-order valence-corrected chi connectivity index (χ2v) is 9.00. The number of aryl methyl sites for hydroxylation is 2. The van der Waals surface area contributed by atoms with Crippen molar-refractivity contribution in [2.45, 2.75) is 70.4 Å². The lowest BCUT2D eigenvalue weighted by molar-refractivity contribution is -0.137. The Kier molecular flexibility index (Phi) is 10.4. The first-order valence-electron chi connectivity index (χ1n) is 10.7. The van der Waals surface area contributed by atoms with E-state index in [2.05, 4.69) is 15.9 Å². The number of aliphatic carboxylic acids is 1. The van der Waals surface area contributed by atoms with Crippen molar-refractivity contribution in [1.29, 1.82) is 0 Å². The molecule has 0 aromatic carbocycles. The van der Waals surface area contributed by atoms with Crippen LogP contribution >= 0.6 is 15.9 Å². The molecule has 5 nitrogen and oxygen atoms in total. The van der Waals surface area contributed by atoms with E-state index < -0.39 is 18.2 Å². The van der Waals surface area contributed by atoms with Crippen LogP contribution in [0.15, 0.2) is 39.3 Å². The van der Waals surface area contributed by atoms with E-state index in [9.17, 15) is 15.0 Å². The van der Waals surface area contributed by atoms with Crippen LogP contribution in [0.3, 0.4) is 0 Å². The molecule has 1 saturated carbocycles. The van der Waals surface area contributed by atoms with Crippen molar-refractivity contribution in [3.63, 3.8) is 0 Å². The van der Waals surface area contributed by atoms with Gasteiger partial charge >= 0.3 is 5.97 Å². The van der Waals surface area contributed by atoms with Crippen LogP contribution in [0.25, 0.3) is 0 Å². The molecule has 0 amide bonds. The van der Waals surface area contributed by atoms with Crippen molar-refractivity contribution in [3.8, 4) is 0 Å². The second-order valence-electron chi connectivity index (χ2n) is 8.14. The van der Waals surface area contributed by atoms with Gasteiger partial charge in [0.25, 0.3) is 0 Å². The first kappa shape index (κ1) is 25.0. The Bertz CT molecular complexity index is 710. The number of furan rings is 1. The topological polar surface area (TPSA) is 90.9 Å². The summed E-state index contributed by atoms with van der Waals surface area (Å²) in [5, 5.41) is 29.6. The molecule has 0 aliphatic heterocycles. The van der Waals surface area contributed by atoms with Crippen LogP contribution in [-0.4, -0.2) is 41.3 Å². The summed E-state index contributed by atoms with van der Waals surface area (Å²) in [5.74, 6) is 1.26.